The average Bonchev–Trinajstić information content (AvgIpc) is 3.47. The van der Waals surface area contributed by atoms with Gasteiger partial charge in [0.05, 0.1) is 12.4 Å². The lowest BCUT2D eigenvalue weighted by Gasteiger charge is -2.32. The van der Waals surface area contributed by atoms with Gasteiger partial charge in [0, 0.05) is 24.9 Å². The number of imidazole rings is 1. The van der Waals surface area contributed by atoms with Crippen LogP contribution >= 0.6 is 0 Å². The normalized spacial score (nSPS) is 19.6. The monoisotopic (exact) mass is 464 g/mol. The van der Waals surface area contributed by atoms with Crippen molar-refractivity contribution in [2.75, 3.05) is 6.54 Å². The molecule has 0 bridgehead atoms. The van der Waals surface area contributed by atoms with Crippen LogP contribution in [0.4, 0.5) is 0 Å². The van der Waals surface area contributed by atoms with Gasteiger partial charge in [-0.05, 0) is 24.7 Å². The highest BCUT2D eigenvalue weighted by Gasteiger charge is 2.40. The van der Waals surface area contributed by atoms with Crippen LogP contribution in [0.3, 0.4) is 0 Å². The maximum Gasteiger partial charge on any atom is 0.326 e. The van der Waals surface area contributed by atoms with E-state index < -0.39 is 42.0 Å². The summed E-state index contributed by atoms with van der Waals surface area (Å²) in [5.41, 5.74) is 6.53. The zero-order valence-corrected chi connectivity index (χ0v) is 19.7. The molecule has 6 N–H and O–H groups in total. The third kappa shape index (κ3) is 6.77. The number of hydrogen-bond acceptors (Lipinski definition) is 6. The molecule has 11 nitrogen and oxygen atoms in total. The van der Waals surface area contributed by atoms with Crippen LogP contribution in [-0.2, 0) is 25.6 Å². The van der Waals surface area contributed by atoms with E-state index in [9.17, 15) is 24.3 Å². The molecule has 0 radical (unpaired) electrons. The first-order chi connectivity index (χ1) is 15.6. The Morgan fingerprint density at radius 1 is 1.27 bits per heavy atom. The number of amides is 3. The quantitative estimate of drug-likeness (QED) is 0.307. The molecule has 1 aliphatic heterocycles. The molecule has 1 aromatic heterocycles. The first-order valence-electron chi connectivity index (χ1n) is 11.4. The van der Waals surface area contributed by atoms with Crippen molar-refractivity contribution in [1.82, 2.24) is 25.5 Å². The molecule has 5 atom stereocenters. The average molecular weight is 465 g/mol. The number of carbonyl (C=O) groups is 4. The van der Waals surface area contributed by atoms with Crippen molar-refractivity contribution in [1.29, 1.82) is 0 Å². The zero-order valence-electron chi connectivity index (χ0n) is 19.7. The molecule has 1 saturated heterocycles. The van der Waals surface area contributed by atoms with Crippen molar-refractivity contribution in [2.45, 2.75) is 77.5 Å². The predicted octanol–water partition coefficient (Wildman–Crippen LogP) is 0.0268. The maximum absolute atomic E-state index is 13.4. The van der Waals surface area contributed by atoms with E-state index in [1.54, 1.807) is 0 Å². The van der Waals surface area contributed by atoms with Crippen LogP contribution in [0.1, 0.15) is 52.7 Å². The van der Waals surface area contributed by atoms with E-state index in [2.05, 4.69) is 20.6 Å². The van der Waals surface area contributed by atoms with E-state index in [4.69, 9.17) is 5.73 Å². The Labute approximate surface area is 193 Å². The summed E-state index contributed by atoms with van der Waals surface area (Å²) < 4.78 is 0. The summed E-state index contributed by atoms with van der Waals surface area (Å²) in [4.78, 5) is 58.8. The van der Waals surface area contributed by atoms with Crippen molar-refractivity contribution in [3.63, 3.8) is 0 Å². The predicted molar refractivity (Wildman–Crippen MR) is 121 cm³/mol. The van der Waals surface area contributed by atoms with Crippen LogP contribution in [0.2, 0.25) is 0 Å². The number of rotatable bonds is 11. The van der Waals surface area contributed by atoms with Gasteiger partial charge < -0.3 is 31.4 Å². The molecule has 0 aliphatic carbocycles. The number of nitrogens with zero attached hydrogens (tertiary/aromatic N) is 2. The molecule has 5 unspecified atom stereocenters. The molecule has 33 heavy (non-hydrogen) atoms. The van der Waals surface area contributed by atoms with E-state index in [1.807, 2.05) is 27.7 Å². The Morgan fingerprint density at radius 2 is 1.97 bits per heavy atom. The fraction of sp³-hybridized carbons (Fsp3) is 0.682. The van der Waals surface area contributed by atoms with Crippen LogP contribution in [-0.4, -0.2) is 74.4 Å². The van der Waals surface area contributed by atoms with E-state index >= 15 is 0 Å². The van der Waals surface area contributed by atoms with Crippen LogP contribution in [0, 0.1) is 11.8 Å². The SMILES string of the molecule is CCC(C)C(NC(=O)C(N)C(C)C)C(=O)N1CCCC1C(=O)NC(Cc1cnc[nH]1)C(=O)O. The third-order valence-electron chi connectivity index (χ3n) is 6.23. The Bertz CT molecular complexity index is 827. The molecule has 0 saturated carbocycles. The number of carboxylic acid groups (broad SMARTS) is 1. The van der Waals surface area contributed by atoms with E-state index in [0.29, 0.717) is 31.5 Å². The molecule has 11 heteroatoms. The van der Waals surface area contributed by atoms with E-state index in [-0.39, 0.29) is 24.2 Å². The summed E-state index contributed by atoms with van der Waals surface area (Å²) in [6.45, 7) is 7.79. The highest BCUT2D eigenvalue weighted by Crippen LogP contribution is 2.22. The molecule has 1 aliphatic rings. The number of carboxylic acids is 1. The first kappa shape index (κ1) is 26.3. The number of aromatic amines is 1. The van der Waals surface area contributed by atoms with Gasteiger partial charge in [-0.2, -0.15) is 0 Å². The molecular weight excluding hydrogens is 428 g/mol. The molecule has 2 rings (SSSR count). The number of hydrogen-bond donors (Lipinski definition) is 5. The lowest BCUT2D eigenvalue weighted by Crippen LogP contribution is -2.59. The Morgan fingerprint density at radius 3 is 2.52 bits per heavy atom. The number of likely N-dealkylation sites (tertiary alicyclic amines) is 1. The maximum atomic E-state index is 13.4. The highest BCUT2D eigenvalue weighted by atomic mass is 16.4. The van der Waals surface area contributed by atoms with Gasteiger partial charge >= 0.3 is 5.97 Å². The van der Waals surface area contributed by atoms with Crippen LogP contribution in [0.25, 0.3) is 0 Å². The minimum absolute atomic E-state index is 0.0420. The van der Waals surface area contributed by atoms with Gasteiger partial charge in [-0.3, -0.25) is 14.4 Å². The van der Waals surface area contributed by atoms with Gasteiger partial charge in [0.15, 0.2) is 0 Å². The molecule has 2 heterocycles. The molecule has 0 aromatic carbocycles. The highest BCUT2D eigenvalue weighted by molar-refractivity contribution is 5.94. The minimum Gasteiger partial charge on any atom is -0.480 e. The molecule has 0 spiro atoms. The van der Waals surface area contributed by atoms with Crippen molar-refractivity contribution in [2.24, 2.45) is 17.6 Å². The summed E-state index contributed by atoms with van der Waals surface area (Å²) in [5, 5.41) is 14.9. The van der Waals surface area contributed by atoms with Gasteiger partial charge in [-0.1, -0.05) is 34.1 Å². The number of nitrogens with one attached hydrogen (secondary N) is 3. The number of aromatic nitrogens is 2. The number of nitrogens with two attached hydrogens (primary N) is 1. The Balaban J connectivity index is 2.14. The van der Waals surface area contributed by atoms with Gasteiger partial charge in [0.25, 0.3) is 0 Å². The second-order valence-corrected chi connectivity index (χ2v) is 9.01. The summed E-state index contributed by atoms with van der Waals surface area (Å²) >= 11 is 0. The van der Waals surface area contributed by atoms with Crippen molar-refractivity contribution in [3.05, 3.63) is 18.2 Å². The molecular formula is C22H36N6O5. The summed E-state index contributed by atoms with van der Waals surface area (Å²) in [6, 6.07) is -3.53. The standard InChI is InChI=1S/C22H36N6O5/c1-5-13(4)18(27-20(30)17(23)12(2)3)21(31)28-8-6-7-16(28)19(29)26-15(22(32)33)9-14-10-24-11-25-14/h10-13,15-18H,5-9,23H2,1-4H3,(H,24,25)(H,26,29)(H,27,30)(H,32,33). The van der Waals surface area contributed by atoms with Gasteiger partial charge in [-0.25, -0.2) is 9.78 Å². The van der Waals surface area contributed by atoms with Crippen molar-refractivity contribution >= 4 is 23.7 Å². The van der Waals surface area contributed by atoms with E-state index in [0.717, 1.165) is 0 Å². The number of carbonyl (C=O) groups excluding carboxylic acids is 3. The lowest BCUT2D eigenvalue weighted by atomic mass is 9.96. The Kier molecular flexibility index (Phi) is 9.39. The first-order valence-corrected chi connectivity index (χ1v) is 11.4. The summed E-state index contributed by atoms with van der Waals surface area (Å²) in [5.74, 6) is -2.73. The smallest absolute Gasteiger partial charge is 0.326 e. The topological polar surface area (TPSA) is 171 Å². The minimum atomic E-state index is -1.18. The van der Waals surface area contributed by atoms with Crippen LogP contribution in [0.5, 0.6) is 0 Å². The molecule has 3 amide bonds. The third-order valence-corrected chi connectivity index (χ3v) is 6.23. The van der Waals surface area contributed by atoms with Crippen molar-refractivity contribution < 1.29 is 24.3 Å². The Hall–Kier alpha value is -2.95. The van der Waals surface area contributed by atoms with Gasteiger partial charge in [0.2, 0.25) is 17.7 Å². The number of H-pyrrole nitrogens is 1. The van der Waals surface area contributed by atoms with Gasteiger partial charge in [-0.15, -0.1) is 0 Å². The fourth-order valence-electron chi connectivity index (χ4n) is 3.80. The zero-order chi connectivity index (χ0) is 24.7. The second-order valence-electron chi connectivity index (χ2n) is 9.01. The number of aliphatic carboxylic acids is 1. The van der Waals surface area contributed by atoms with Gasteiger partial charge in [0.1, 0.15) is 18.1 Å². The molecule has 1 fully saturated rings. The fourth-order valence-corrected chi connectivity index (χ4v) is 3.80. The molecule has 184 valence electrons. The van der Waals surface area contributed by atoms with Crippen LogP contribution < -0.4 is 16.4 Å². The van der Waals surface area contributed by atoms with Crippen molar-refractivity contribution in [3.8, 4) is 0 Å². The summed E-state index contributed by atoms with van der Waals surface area (Å²) in [6.07, 6.45) is 4.64. The lowest BCUT2D eigenvalue weighted by molar-refractivity contribution is -0.145. The second kappa shape index (κ2) is 11.8. The largest absolute Gasteiger partial charge is 0.480 e. The molecule has 1 aromatic rings. The van der Waals surface area contributed by atoms with E-state index in [1.165, 1.54) is 17.4 Å². The van der Waals surface area contributed by atoms with Crippen LogP contribution in [0.15, 0.2) is 12.5 Å². The summed E-state index contributed by atoms with van der Waals surface area (Å²) in [7, 11) is 0.